The molecule has 0 heterocycles. The van der Waals surface area contributed by atoms with E-state index < -0.39 is 24.1 Å². The van der Waals surface area contributed by atoms with Crippen molar-refractivity contribution in [3.63, 3.8) is 0 Å². The van der Waals surface area contributed by atoms with Crippen molar-refractivity contribution in [1.29, 1.82) is 0 Å². The van der Waals surface area contributed by atoms with Crippen LogP contribution in [0.4, 0.5) is 0 Å². The zero-order chi connectivity index (χ0) is 9.72. The molecule has 0 aliphatic heterocycles. The molecular formula is C7H14N2O3. The minimum atomic E-state index is -0.979. The smallest absolute Gasteiger partial charge is 0.240 e. The minimum Gasteiger partial charge on any atom is -0.391 e. The maximum atomic E-state index is 11.0. The topological polar surface area (TPSA) is 92.4 Å². The monoisotopic (exact) mass is 174 g/mol. The van der Waals surface area contributed by atoms with Crippen LogP contribution in [0.15, 0.2) is 0 Å². The molecule has 0 bridgehead atoms. The molecule has 0 saturated carbocycles. The van der Waals surface area contributed by atoms with Gasteiger partial charge in [0.1, 0.15) is 12.3 Å². The molecule has 70 valence electrons. The van der Waals surface area contributed by atoms with Crippen LogP contribution in [0.2, 0.25) is 0 Å². The van der Waals surface area contributed by atoms with Crippen LogP contribution in [0, 0.1) is 0 Å². The maximum absolute atomic E-state index is 11.0. The van der Waals surface area contributed by atoms with E-state index in [-0.39, 0.29) is 0 Å². The van der Waals surface area contributed by atoms with E-state index in [0.717, 1.165) is 0 Å². The summed E-state index contributed by atoms with van der Waals surface area (Å²) in [6.07, 6.45) is -0.323. The average molecular weight is 174 g/mol. The number of aldehydes is 1. The molecular weight excluding hydrogens is 160 g/mol. The van der Waals surface area contributed by atoms with Gasteiger partial charge in [0.25, 0.3) is 0 Å². The van der Waals surface area contributed by atoms with E-state index in [1.54, 1.807) is 0 Å². The number of carbonyl (C=O) groups is 2. The summed E-state index contributed by atoms with van der Waals surface area (Å²) in [5.41, 5.74) is 5.29. The Hall–Kier alpha value is -0.940. The van der Waals surface area contributed by atoms with Gasteiger partial charge in [-0.1, -0.05) is 0 Å². The molecule has 5 nitrogen and oxygen atoms in total. The van der Waals surface area contributed by atoms with Crippen molar-refractivity contribution in [1.82, 2.24) is 5.32 Å². The molecule has 0 aromatic rings. The van der Waals surface area contributed by atoms with Gasteiger partial charge in [0.15, 0.2) is 0 Å². The zero-order valence-electron chi connectivity index (χ0n) is 7.15. The highest BCUT2D eigenvalue weighted by Gasteiger charge is 2.19. The second-order valence-electron chi connectivity index (χ2n) is 2.70. The molecule has 0 radical (unpaired) electrons. The third-order valence-corrected chi connectivity index (χ3v) is 1.40. The van der Waals surface area contributed by atoms with Crippen LogP contribution in [0.5, 0.6) is 0 Å². The molecule has 0 aliphatic carbocycles. The number of rotatable bonds is 4. The summed E-state index contributed by atoms with van der Waals surface area (Å²) in [7, 11) is 0. The van der Waals surface area contributed by atoms with Crippen LogP contribution in [0.3, 0.4) is 0 Å². The van der Waals surface area contributed by atoms with Crippen molar-refractivity contribution in [2.45, 2.75) is 32.0 Å². The van der Waals surface area contributed by atoms with Crippen LogP contribution in [-0.4, -0.2) is 35.5 Å². The number of carbonyl (C=O) groups excluding carboxylic acids is 2. The van der Waals surface area contributed by atoms with E-state index >= 15 is 0 Å². The second-order valence-corrected chi connectivity index (χ2v) is 2.70. The molecule has 0 aromatic heterocycles. The first-order valence-corrected chi connectivity index (χ1v) is 3.68. The fourth-order valence-electron chi connectivity index (χ4n) is 0.574. The van der Waals surface area contributed by atoms with Gasteiger partial charge < -0.3 is 21.0 Å². The Labute approximate surface area is 70.9 Å². The predicted octanol–water partition coefficient (Wildman–Crippen LogP) is -1.60. The Morgan fingerprint density at radius 2 is 2.08 bits per heavy atom. The maximum Gasteiger partial charge on any atom is 0.240 e. The van der Waals surface area contributed by atoms with Gasteiger partial charge in [0.2, 0.25) is 5.91 Å². The van der Waals surface area contributed by atoms with Crippen molar-refractivity contribution >= 4 is 12.2 Å². The summed E-state index contributed by atoms with van der Waals surface area (Å²) in [6.45, 7) is 2.94. The Balaban J connectivity index is 3.95. The number of nitrogens with two attached hydrogens (primary N) is 1. The fourth-order valence-corrected chi connectivity index (χ4v) is 0.574. The van der Waals surface area contributed by atoms with Crippen LogP contribution in [0.25, 0.3) is 0 Å². The normalized spacial score (nSPS) is 17.7. The van der Waals surface area contributed by atoms with Gasteiger partial charge in [0.05, 0.1) is 12.1 Å². The molecule has 1 amide bonds. The van der Waals surface area contributed by atoms with E-state index in [9.17, 15) is 9.59 Å². The van der Waals surface area contributed by atoms with Crippen molar-refractivity contribution < 1.29 is 14.7 Å². The lowest BCUT2D eigenvalue weighted by atomic mass is 10.2. The molecule has 0 unspecified atom stereocenters. The standard InChI is InChI=1S/C7H14N2O3/c1-4(3-10)9-7(12)6(8)5(2)11/h3-6,11H,8H2,1-2H3,(H,9,12)/t4-,5+,6-/m0/s1. The summed E-state index contributed by atoms with van der Waals surface area (Å²) in [5.74, 6) is -0.524. The van der Waals surface area contributed by atoms with Crippen LogP contribution >= 0.6 is 0 Å². The highest BCUT2D eigenvalue weighted by molar-refractivity contribution is 5.84. The fraction of sp³-hybridized carbons (Fsp3) is 0.714. The zero-order valence-corrected chi connectivity index (χ0v) is 7.15. The molecule has 0 rings (SSSR count). The SMILES string of the molecule is C[C@@H](C=O)NC(=O)[C@@H](N)[C@@H](C)O. The molecule has 0 aromatic carbocycles. The molecule has 12 heavy (non-hydrogen) atoms. The first-order chi connectivity index (χ1) is 5.49. The van der Waals surface area contributed by atoms with Gasteiger partial charge in [0, 0.05) is 0 Å². The largest absolute Gasteiger partial charge is 0.391 e. The lowest BCUT2D eigenvalue weighted by Crippen LogP contribution is -2.49. The highest BCUT2D eigenvalue weighted by Crippen LogP contribution is 1.89. The average Bonchev–Trinajstić information content (AvgIpc) is 2.02. The molecule has 4 N–H and O–H groups in total. The molecule has 5 heteroatoms. The summed E-state index contributed by atoms with van der Waals surface area (Å²) in [5, 5.41) is 11.2. The van der Waals surface area contributed by atoms with Crippen molar-refractivity contribution in [2.24, 2.45) is 5.73 Å². The predicted molar refractivity (Wildman–Crippen MR) is 43.3 cm³/mol. The number of amides is 1. The van der Waals surface area contributed by atoms with E-state index in [0.29, 0.717) is 6.29 Å². The third-order valence-electron chi connectivity index (χ3n) is 1.40. The number of hydrogen-bond acceptors (Lipinski definition) is 4. The van der Waals surface area contributed by atoms with Crippen molar-refractivity contribution in [3.05, 3.63) is 0 Å². The Morgan fingerprint density at radius 1 is 1.58 bits per heavy atom. The highest BCUT2D eigenvalue weighted by atomic mass is 16.3. The molecule has 3 atom stereocenters. The van der Waals surface area contributed by atoms with Gasteiger partial charge in [-0.2, -0.15) is 0 Å². The van der Waals surface area contributed by atoms with Gasteiger partial charge in [-0.25, -0.2) is 0 Å². The number of aliphatic hydroxyl groups excluding tert-OH is 1. The lowest BCUT2D eigenvalue weighted by molar-refractivity contribution is -0.126. The number of aliphatic hydroxyl groups is 1. The molecule has 0 spiro atoms. The van der Waals surface area contributed by atoms with E-state index in [1.165, 1.54) is 13.8 Å². The Bertz CT molecular complexity index is 170. The number of nitrogens with one attached hydrogen (secondary N) is 1. The van der Waals surface area contributed by atoms with Crippen molar-refractivity contribution in [2.75, 3.05) is 0 Å². The lowest BCUT2D eigenvalue weighted by Gasteiger charge is -2.15. The summed E-state index contributed by atoms with van der Waals surface area (Å²) in [4.78, 5) is 21.1. The molecule has 0 aliphatic rings. The van der Waals surface area contributed by atoms with Gasteiger partial charge in [-0.15, -0.1) is 0 Å². The Kier molecular flexibility index (Phi) is 4.46. The summed E-state index contributed by atoms with van der Waals surface area (Å²) >= 11 is 0. The second kappa shape index (κ2) is 4.84. The van der Waals surface area contributed by atoms with Gasteiger partial charge >= 0.3 is 0 Å². The van der Waals surface area contributed by atoms with E-state index in [4.69, 9.17) is 10.8 Å². The van der Waals surface area contributed by atoms with E-state index in [1.807, 2.05) is 0 Å². The van der Waals surface area contributed by atoms with Crippen LogP contribution in [-0.2, 0) is 9.59 Å². The first kappa shape index (κ1) is 11.1. The van der Waals surface area contributed by atoms with Crippen molar-refractivity contribution in [3.8, 4) is 0 Å². The molecule has 0 saturated heterocycles. The molecule has 0 fully saturated rings. The quantitative estimate of drug-likeness (QED) is 0.447. The van der Waals surface area contributed by atoms with E-state index in [2.05, 4.69) is 5.32 Å². The summed E-state index contributed by atoms with van der Waals surface area (Å²) in [6, 6.07) is -1.55. The first-order valence-electron chi connectivity index (χ1n) is 3.68. The Morgan fingerprint density at radius 3 is 2.42 bits per heavy atom. The van der Waals surface area contributed by atoms with Crippen LogP contribution in [0.1, 0.15) is 13.8 Å². The summed E-state index contributed by atoms with van der Waals surface area (Å²) < 4.78 is 0. The van der Waals surface area contributed by atoms with Crippen LogP contribution < -0.4 is 11.1 Å². The number of hydrogen-bond donors (Lipinski definition) is 3. The minimum absolute atomic E-state index is 0.524. The van der Waals surface area contributed by atoms with Gasteiger partial charge in [-0.05, 0) is 13.8 Å². The third kappa shape index (κ3) is 3.45. The van der Waals surface area contributed by atoms with Gasteiger partial charge in [-0.3, -0.25) is 4.79 Å².